The highest BCUT2D eigenvalue weighted by atomic mass is 14.7. The van der Waals surface area contributed by atoms with Crippen LogP contribution in [0.1, 0.15) is 59.8 Å². The van der Waals surface area contributed by atoms with Crippen molar-refractivity contribution in [3.63, 3.8) is 0 Å². The summed E-state index contributed by atoms with van der Waals surface area (Å²) in [6.45, 7) is 10.8. The summed E-state index contributed by atoms with van der Waals surface area (Å²) >= 11 is 0. The molecule has 2 N–H and O–H groups in total. The predicted octanol–water partition coefficient (Wildman–Crippen LogP) is 4.07. The minimum atomic E-state index is 0.500. The van der Waals surface area contributed by atoms with Gasteiger partial charge in [-0.05, 0) is 79.1 Å². The average molecular weight is 249 g/mol. The molecule has 4 aliphatic carbocycles. The van der Waals surface area contributed by atoms with E-state index >= 15 is 0 Å². The normalized spacial score (nSPS) is 48.5. The van der Waals surface area contributed by atoms with Crippen LogP contribution in [-0.4, -0.2) is 6.54 Å². The van der Waals surface area contributed by atoms with Gasteiger partial charge in [0.15, 0.2) is 0 Å². The summed E-state index contributed by atoms with van der Waals surface area (Å²) in [6.07, 6.45) is 7.55. The molecule has 4 aliphatic rings. The van der Waals surface area contributed by atoms with E-state index in [4.69, 9.17) is 5.73 Å². The molecule has 4 rings (SSSR count). The molecule has 0 amide bonds. The Morgan fingerprint density at radius 2 is 1.67 bits per heavy atom. The second-order valence-corrected chi connectivity index (χ2v) is 8.79. The van der Waals surface area contributed by atoms with Crippen LogP contribution in [0.15, 0.2) is 0 Å². The fraction of sp³-hybridized carbons (Fsp3) is 1.00. The molecule has 3 unspecified atom stereocenters. The van der Waals surface area contributed by atoms with Gasteiger partial charge in [-0.15, -0.1) is 0 Å². The summed E-state index contributed by atoms with van der Waals surface area (Å²) in [4.78, 5) is 0. The summed E-state index contributed by atoms with van der Waals surface area (Å²) in [5.74, 6) is 4.73. The van der Waals surface area contributed by atoms with Crippen LogP contribution in [0.5, 0.6) is 0 Å². The Labute approximate surface area is 113 Å². The monoisotopic (exact) mass is 249 g/mol. The molecule has 0 spiro atoms. The summed E-state index contributed by atoms with van der Waals surface area (Å²) in [5.41, 5.74) is 7.13. The minimum absolute atomic E-state index is 0.500. The van der Waals surface area contributed by atoms with Gasteiger partial charge in [0, 0.05) is 0 Å². The molecule has 1 nitrogen and oxygen atoms in total. The highest BCUT2D eigenvalue weighted by Crippen LogP contribution is 2.68. The van der Waals surface area contributed by atoms with E-state index in [1.807, 2.05) is 0 Å². The third-order valence-electron chi connectivity index (χ3n) is 6.97. The maximum Gasteiger partial charge on any atom is -0.00487 e. The van der Waals surface area contributed by atoms with E-state index < -0.39 is 0 Å². The van der Waals surface area contributed by atoms with E-state index in [0.717, 1.165) is 36.1 Å². The molecule has 4 saturated carbocycles. The number of hydrogen-bond acceptors (Lipinski definition) is 1. The zero-order valence-electron chi connectivity index (χ0n) is 12.7. The van der Waals surface area contributed by atoms with E-state index in [9.17, 15) is 0 Å². The third kappa shape index (κ3) is 1.69. The Kier molecular flexibility index (Phi) is 2.86. The van der Waals surface area contributed by atoms with Crippen molar-refractivity contribution in [1.82, 2.24) is 0 Å². The van der Waals surface area contributed by atoms with Crippen LogP contribution in [0.4, 0.5) is 0 Å². The van der Waals surface area contributed by atoms with Crippen LogP contribution < -0.4 is 5.73 Å². The van der Waals surface area contributed by atoms with Gasteiger partial charge in [0.1, 0.15) is 0 Å². The summed E-state index contributed by atoms with van der Waals surface area (Å²) in [5, 5.41) is 0. The molecule has 0 aliphatic heterocycles. The maximum absolute atomic E-state index is 5.97. The van der Waals surface area contributed by atoms with Gasteiger partial charge in [-0.2, -0.15) is 0 Å². The van der Waals surface area contributed by atoms with Gasteiger partial charge < -0.3 is 5.73 Å². The summed E-state index contributed by atoms with van der Waals surface area (Å²) in [6, 6.07) is 0. The van der Waals surface area contributed by atoms with Crippen molar-refractivity contribution in [2.75, 3.05) is 6.54 Å². The second kappa shape index (κ2) is 3.98. The van der Waals surface area contributed by atoms with Crippen LogP contribution in [0.2, 0.25) is 0 Å². The fourth-order valence-electron chi connectivity index (χ4n) is 6.07. The molecule has 1 heteroatoms. The lowest BCUT2D eigenvalue weighted by molar-refractivity contribution is -0.154. The van der Waals surface area contributed by atoms with Gasteiger partial charge in [-0.1, -0.05) is 27.7 Å². The molecule has 0 aromatic heterocycles. The van der Waals surface area contributed by atoms with Gasteiger partial charge in [-0.25, -0.2) is 0 Å². The first-order chi connectivity index (χ1) is 8.36. The van der Waals surface area contributed by atoms with E-state index in [0.29, 0.717) is 10.8 Å². The van der Waals surface area contributed by atoms with Crippen molar-refractivity contribution in [2.24, 2.45) is 46.2 Å². The Bertz CT molecular complexity index is 311. The predicted molar refractivity (Wildman–Crippen MR) is 77.2 cm³/mol. The van der Waals surface area contributed by atoms with Crippen molar-refractivity contribution in [3.05, 3.63) is 0 Å². The lowest BCUT2D eigenvalue weighted by atomic mass is 9.40. The molecule has 104 valence electrons. The van der Waals surface area contributed by atoms with Crippen molar-refractivity contribution >= 4 is 0 Å². The van der Waals surface area contributed by atoms with E-state index in [-0.39, 0.29) is 0 Å². The highest BCUT2D eigenvalue weighted by molar-refractivity contribution is 5.09. The maximum atomic E-state index is 5.97. The quantitative estimate of drug-likeness (QED) is 0.784. The average Bonchev–Trinajstić information content (AvgIpc) is 2.25. The molecule has 0 aromatic carbocycles. The highest BCUT2D eigenvalue weighted by Gasteiger charge is 2.59. The van der Waals surface area contributed by atoms with E-state index in [2.05, 4.69) is 27.7 Å². The van der Waals surface area contributed by atoms with Gasteiger partial charge in [0.25, 0.3) is 0 Å². The largest absolute Gasteiger partial charge is 0.330 e. The van der Waals surface area contributed by atoms with Crippen molar-refractivity contribution < 1.29 is 0 Å². The fourth-order valence-corrected chi connectivity index (χ4v) is 6.07. The first-order valence-electron chi connectivity index (χ1n) is 8.06. The van der Waals surface area contributed by atoms with Crippen LogP contribution in [-0.2, 0) is 0 Å². The first-order valence-corrected chi connectivity index (χ1v) is 8.06. The standard InChI is InChI=1S/C17H31N/c1-11(10-18)15-13-5-12-6-14(15)9-17(7-12,8-13)16(2,3)4/h11-15H,5-10,18H2,1-4H3. The van der Waals surface area contributed by atoms with Gasteiger partial charge in [0.2, 0.25) is 0 Å². The van der Waals surface area contributed by atoms with Crippen molar-refractivity contribution in [2.45, 2.75) is 59.8 Å². The van der Waals surface area contributed by atoms with Crippen LogP contribution in [0.3, 0.4) is 0 Å². The van der Waals surface area contributed by atoms with Crippen LogP contribution >= 0.6 is 0 Å². The van der Waals surface area contributed by atoms with Crippen LogP contribution in [0.25, 0.3) is 0 Å². The summed E-state index contributed by atoms with van der Waals surface area (Å²) < 4.78 is 0. The number of rotatable bonds is 2. The molecule has 0 radical (unpaired) electrons. The Hall–Kier alpha value is -0.0400. The molecule has 0 heterocycles. The molecular formula is C17H31N. The van der Waals surface area contributed by atoms with Crippen molar-refractivity contribution in [1.29, 1.82) is 0 Å². The van der Waals surface area contributed by atoms with E-state index in [1.54, 1.807) is 0 Å². The Morgan fingerprint density at radius 1 is 1.11 bits per heavy atom. The second-order valence-electron chi connectivity index (χ2n) is 8.79. The SMILES string of the molecule is CC(CN)C1C2CC3CC1CC(C(C)(C)C)(C3)C2. The molecule has 4 bridgehead atoms. The summed E-state index contributed by atoms with van der Waals surface area (Å²) in [7, 11) is 0. The van der Waals surface area contributed by atoms with Gasteiger partial charge in [-0.3, -0.25) is 0 Å². The zero-order valence-corrected chi connectivity index (χ0v) is 12.7. The molecular weight excluding hydrogens is 218 g/mol. The minimum Gasteiger partial charge on any atom is -0.330 e. The molecule has 0 saturated heterocycles. The zero-order chi connectivity index (χ0) is 13.1. The number of nitrogens with two attached hydrogens (primary N) is 1. The Morgan fingerprint density at radius 3 is 2.11 bits per heavy atom. The lowest BCUT2D eigenvalue weighted by Gasteiger charge is -2.65. The molecule has 18 heavy (non-hydrogen) atoms. The number of hydrogen-bond donors (Lipinski definition) is 1. The van der Waals surface area contributed by atoms with Gasteiger partial charge in [0.05, 0.1) is 0 Å². The lowest BCUT2D eigenvalue weighted by Crippen LogP contribution is -2.57. The molecule has 3 atom stereocenters. The van der Waals surface area contributed by atoms with Crippen LogP contribution in [0, 0.1) is 40.4 Å². The molecule has 0 aromatic rings. The smallest absolute Gasteiger partial charge is 0.00487 e. The topological polar surface area (TPSA) is 26.0 Å². The van der Waals surface area contributed by atoms with Gasteiger partial charge >= 0.3 is 0 Å². The first kappa shape index (κ1) is 13.0. The van der Waals surface area contributed by atoms with E-state index in [1.165, 1.54) is 32.1 Å². The Balaban J connectivity index is 1.89. The van der Waals surface area contributed by atoms with Crippen molar-refractivity contribution in [3.8, 4) is 0 Å². The third-order valence-corrected chi connectivity index (χ3v) is 6.97. The molecule has 4 fully saturated rings.